The van der Waals surface area contributed by atoms with Crippen LogP contribution in [-0.4, -0.2) is 53.2 Å². The summed E-state index contributed by atoms with van der Waals surface area (Å²) < 4.78 is 2.02. The molecule has 1 heterocycles. The summed E-state index contributed by atoms with van der Waals surface area (Å²) in [6.07, 6.45) is 4.77. The minimum absolute atomic E-state index is 0.167. The van der Waals surface area contributed by atoms with Crippen LogP contribution in [-0.2, 0) is 18.4 Å². The van der Waals surface area contributed by atoms with Gasteiger partial charge in [-0.1, -0.05) is 0 Å². The molecule has 1 amide bonds. The van der Waals surface area contributed by atoms with Crippen LogP contribution in [0.5, 0.6) is 0 Å². The molecule has 0 atom stereocenters. The number of hydrogen-bond donors (Lipinski definition) is 0. The largest absolute Gasteiger partial charge is 0.346 e. The molecule has 0 aliphatic heterocycles. The van der Waals surface area contributed by atoms with E-state index in [9.17, 15) is 4.79 Å². The van der Waals surface area contributed by atoms with Crippen molar-refractivity contribution in [2.75, 3.05) is 27.7 Å². The Morgan fingerprint density at radius 1 is 1.27 bits per heavy atom. The number of aryl methyl sites for hydroxylation is 1. The minimum Gasteiger partial charge on any atom is -0.346 e. The van der Waals surface area contributed by atoms with Crippen LogP contribution in [0.3, 0.4) is 0 Å². The van der Waals surface area contributed by atoms with E-state index >= 15 is 0 Å². The molecule has 1 aliphatic carbocycles. The van der Waals surface area contributed by atoms with Gasteiger partial charge in [0.2, 0.25) is 5.91 Å². The number of aromatic nitrogens is 2. The fourth-order valence-corrected chi connectivity index (χ4v) is 3.36. The van der Waals surface area contributed by atoms with Gasteiger partial charge >= 0.3 is 0 Å². The molecule has 1 aliphatic rings. The highest BCUT2D eigenvalue weighted by atomic mass is 16.2. The quantitative estimate of drug-likeness (QED) is 0.838. The number of nitrogens with zero attached hydrogens (tertiary/aromatic N) is 4. The van der Waals surface area contributed by atoms with Gasteiger partial charge < -0.3 is 9.80 Å². The van der Waals surface area contributed by atoms with Gasteiger partial charge in [-0.2, -0.15) is 5.10 Å². The van der Waals surface area contributed by atoms with Crippen LogP contribution in [0, 0.1) is 5.92 Å². The summed E-state index contributed by atoms with van der Waals surface area (Å²) in [6.45, 7) is 3.48. The molecule has 0 unspecified atom stereocenters. The second-order valence-corrected chi connectivity index (χ2v) is 7.04. The number of hydrogen-bond acceptors (Lipinski definition) is 3. The maximum absolute atomic E-state index is 11.3. The molecule has 1 saturated carbocycles. The smallest absolute Gasteiger partial charge is 0.219 e. The zero-order valence-corrected chi connectivity index (χ0v) is 14.7. The fraction of sp³-hybridized carbons (Fsp3) is 0.765. The first-order chi connectivity index (χ1) is 10.4. The lowest BCUT2D eigenvalue weighted by Crippen LogP contribution is -2.31. The Morgan fingerprint density at radius 3 is 2.45 bits per heavy atom. The number of amides is 1. The molecule has 0 spiro atoms. The van der Waals surface area contributed by atoms with Gasteiger partial charge in [0, 0.05) is 40.0 Å². The van der Waals surface area contributed by atoms with Crippen molar-refractivity contribution in [3.63, 3.8) is 0 Å². The monoisotopic (exact) mass is 306 g/mol. The van der Waals surface area contributed by atoms with Gasteiger partial charge in [-0.25, -0.2) is 0 Å². The van der Waals surface area contributed by atoms with Crippen molar-refractivity contribution in [1.82, 2.24) is 19.6 Å². The zero-order chi connectivity index (χ0) is 16.3. The van der Waals surface area contributed by atoms with E-state index in [4.69, 9.17) is 5.10 Å². The third-order valence-corrected chi connectivity index (χ3v) is 4.81. The lowest BCUT2D eigenvalue weighted by atomic mass is 9.80. The highest BCUT2D eigenvalue weighted by Gasteiger charge is 2.25. The molecule has 1 fully saturated rings. The average molecular weight is 306 g/mol. The van der Waals surface area contributed by atoms with Crippen LogP contribution in [0.2, 0.25) is 0 Å². The standard InChI is InChI=1S/C17H30N4O/c1-13(22)20(4)11-14-6-8-15(9-7-14)17-10-16(12-19(2)3)21(5)18-17/h10,14-15H,6-9,11-12H2,1-5H3. The third-order valence-electron chi connectivity index (χ3n) is 4.81. The van der Waals surface area contributed by atoms with Crippen molar-refractivity contribution in [2.24, 2.45) is 13.0 Å². The molecule has 0 N–H and O–H groups in total. The highest BCUT2D eigenvalue weighted by Crippen LogP contribution is 2.35. The summed E-state index contributed by atoms with van der Waals surface area (Å²) in [5.74, 6) is 1.40. The third kappa shape index (κ3) is 4.32. The van der Waals surface area contributed by atoms with Crippen molar-refractivity contribution in [3.8, 4) is 0 Å². The van der Waals surface area contributed by atoms with E-state index < -0.39 is 0 Å². The SMILES string of the molecule is CC(=O)N(C)CC1CCC(c2cc(CN(C)C)n(C)n2)CC1. The van der Waals surface area contributed by atoms with Crippen molar-refractivity contribution in [2.45, 2.75) is 45.1 Å². The molecule has 2 rings (SSSR count). The summed E-state index contributed by atoms with van der Waals surface area (Å²) in [4.78, 5) is 15.4. The molecule has 0 aromatic carbocycles. The number of rotatable bonds is 5. The fourth-order valence-electron chi connectivity index (χ4n) is 3.36. The maximum Gasteiger partial charge on any atom is 0.219 e. The van der Waals surface area contributed by atoms with Gasteiger partial charge in [0.25, 0.3) is 0 Å². The molecule has 124 valence electrons. The van der Waals surface area contributed by atoms with Crippen LogP contribution in [0.15, 0.2) is 6.07 Å². The van der Waals surface area contributed by atoms with Crippen LogP contribution >= 0.6 is 0 Å². The van der Waals surface area contributed by atoms with E-state index in [0.717, 1.165) is 13.1 Å². The van der Waals surface area contributed by atoms with E-state index in [0.29, 0.717) is 11.8 Å². The van der Waals surface area contributed by atoms with Gasteiger partial charge in [-0.3, -0.25) is 9.48 Å². The molecular formula is C17H30N4O. The second kappa shape index (κ2) is 7.27. The maximum atomic E-state index is 11.3. The summed E-state index contributed by atoms with van der Waals surface area (Å²) >= 11 is 0. The molecule has 1 aromatic heterocycles. The molecule has 5 nitrogen and oxygen atoms in total. The molecule has 0 saturated heterocycles. The van der Waals surface area contributed by atoms with Crippen LogP contribution < -0.4 is 0 Å². The molecule has 5 heteroatoms. The molecule has 0 bridgehead atoms. The van der Waals surface area contributed by atoms with E-state index in [1.165, 1.54) is 37.1 Å². The van der Waals surface area contributed by atoms with Crippen molar-refractivity contribution < 1.29 is 4.79 Å². The van der Waals surface area contributed by atoms with Gasteiger partial charge in [0.05, 0.1) is 11.4 Å². The summed E-state index contributed by atoms with van der Waals surface area (Å²) in [7, 11) is 8.11. The van der Waals surface area contributed by atoms with Crippen molar-refractivity contribution in [3.05, 3.63) is 17.5 Å². The molecule has 1 aromatic rings. The topological polar surface area (TPSA) is 41.4 Å². The predicted molar refractivity (Wildman–Crippen MR) is 88.6 cm³/mol. The lowest BCUT2D eigenvalue weighted by molar-refractivity contribution is -0.128. The van der Waals surface area contributed by atoms with Gasteiger partial charge in [0.15, 0.2) is 0 Å². The van der Waals surface area contributed by atoms with E-state index in [2.05, 4.69) is 25.1 Å². The van der Waals surface area contributed by atoms with Crippen molar-refractivity contribution >= 4 is 5.91 Å². The van der Waals surface area contributed by atoms with E-state index in [1.807, 2.05) is 23.7 Å². The molecule has 22 heavy (non-hydrogen) atoms. The summed E-state index contributed by atoms with van der Waals surface area (Å²) in [5, 5.41) is 4.73. The zero-order valence-electron chi connectivity index (χ0n) is 14.7. The Kier molecular flexibility index (Phi) is 5.62. The Bertz CT molecular complexity index is 501. The predicted octanol–water partition coefficient (Wildman–Crippen LogP) is 2.23. The Hall–Kier alpha value is -1.36. The molecular weight excluding hydrogens is 276 g/mol. The summed E-state index contributed by atoms with van der Waals surface area (Å²) in [6, 6.07) is 2.27. The first-order valence-electron chi connectivity index (χ1n) is 8.26. The Morgan fingerprint density at radius 2 is 1.91 bits per heavy atom. The highest BCUT2D eigenvalue weighted by molar-refractivity contribution is 5.72. The number of carbonyl (C=O) groups is 1. The normalized spacial score (nSPS) is 22.1. The molecule has 0 radical (unpaired) electrons. The minimum atomic E-state index is 0.167. The lowest BCUT2D eigenvalue weighted by Gasteiger charge is -2.30. The van der Waals surface area contributed by atoms with Crippen LogP contribution in [0.4, 0.5) is 0 Å². The first-order valence-corrected chi connectivity index (χ1v) is 8.26. The van der Waals surface area contributed by atoms with E-state index in [-0.39, 0.29) is 5.91 Å². The first kappa shape index (κ1) is 17.0. The van der Waals surface area contributed by atoms with Crippen LogP contribution in [0.25, 0.3) is 0 Å². The average Bonchev–Trinajstić information content (AvgIpc) is 2.80. The van der Waals surface area contributed by atoms with Gasteiger partial charge in [0.1, 0.15) is 0 Å². The van der Waals surface area contributed by atoms with Gasteiger partial charge in [-0.05, 0) is 51.8 Å². The Balaban J connectivity index is 1.90. The van der Waals surface area contributed by atoms with E-state index in [1.54, 1.807) is 6.92 Å². The summed E-state index contributed by atoms with van der Waals surface area (Å²) in [5.41, 5.74) is 2.52. The van der Waals surface area contributed by atoms with Crippen molar-refractivity contribution in [1.29, 1.82) is 0 Å². The van der Waals surface area contributed by atoms with Gasteiger partial charge in [-0.15, -0.1) is 0 Å². The number of carbonyl (C=O) groups excluding carboxylic acids is 1. The second-order valence-electron chi connectivity index (χ2n) is 7.04. The Labute approximate surface area is 134 Å². The van der Waals surface area contributed by atoms with Crippen LogP contribution in [0.1, 0.15) is 49.9 Å².